The largest absolute Gasteiger partial charge is 0.330 e. The van der Waals surface area contributed by atoms with Crippen molar-refractivity contribution in [1.82, 2.24) is 0 Å². The molecule has 0 amide bonds. The van der Waals surface area contributed by atoms with E-state index < -0.39 is 0 Å². The number of nitrogens with two attached hydrogens (primary N) is 1. The third kappa shape index (κ3) is 3.96. The van der Waals surface area contributed by atoms with Gasteiger partial charge in [-0.15, -0.1) is 0 Å². The van der Waals surface area contributed by atoms with Gasteiger partial charge in [0, 0.05) is 0 Å². The minimum Gasteiger partial charge on any atom is -0.330 e. The molecule has 0 aliphatic carbocycles. The highest BCUT2D eigenvalue weighted by Gasteiger charge is 1.86. The number of hydrogen-bond acceptors (Lipinski definition) is 1. The molecule has 0 heterocycles. The summed E-state index contributed by atoms with van der Waals surface area (Å²) >= 11 is 0. The summed E-state index contributed by atoms with van der Waals surface area (Å²) in [5.41, 5.74) is 5.19. The lowest BCUT2D eigenvalue weighted by molar-refractivity contribution is 0.655. The van der Waals surface area contributed by atoms with E-state index in [-0.39, 0.29) is 0 Å². The summed E-state index contributed by atoms with van der Waals surface area (Å²) in [5, 5.41) is 0. The van der Waals surface area contributed by atoms with Crippen molar-refractivity contribution in [1.29, 1.82) is 0 Å². The number of hydrogen-bond donors (Lipinski definition) is 1. The Labute approximate surface area is 39.5 Å². The summed E-state index contributed by atoms with van der Waals surface area (Å²) in [5.74, 6) is 0.523. The summed E-state index contributed by atoms with van der Waals surface area (Å²) in [4.78, 5) is 0. The first-order chi connectivity index (χ1) is 2.77. The van der Waals surface area contributed by atoms with E-state index in [2.05, 4.69) is 13.8 Å². The van der Waals surface area contributed by atoms with Gasteiger partial charge in [0.15, 0.2) is 0 Å². The summed E-state index contributed by atoms with van der Waals surface area (Å²) in [6.07, 6.45) is 1.04. The van der Waals surface area contributed by atoms with Gasteiger partial charge in [0.1, 0.15) is 0 Å². The van der Waals surface area contributed by atoms with E-state index in [9.17, 15) is 0 Å². The van der Waals surface area contributed by atoms with E-state index in [1.165, 1.54) is 0 Å². The predicted molar refractivity (Wildman–Crippen MR) is 28.2 cm³/mol. The fourth-order valence-electron chi connectivity index (χ4n) is 0.285. The molecule has 0 aliphatic heterocycles. The molecule has 2 N–H and O–H groups in total. The van der Waals surface area contributed by atoms with Crippen molar-refractivity contribution in [3.8, 4) is 0 Å². The summed E-state index contributed by atoms with van der Waals surface area (Å²) in [6, 6.07) is 0. The van der Waals surface area contributed by atoms with Crippen LogP contribution in [0.3, 0.4) is 0 Å². The van der Waals surface area contributed by atoms with Crippen LogP contribution >= 0.6 is 0 Å². The van der Waals surface area contributed by atoms with Crippen LogP contribution in [-0.4, -0.2) is 6.54 Å². The van der Waals surface area contributed by atoms with Crippen LogP contribution in [0.5, 0.6) is 0 Å². The molecule has 0 bridgehead atoms. The van der Waals surface area contributed by atoms with E-state index >= 15 is 0 Å². The van der Waals surface area contributed by atoms with E-state index in [0.29, 0.717) is 5.92 Å². The monoisotopic (exact) mass is 86.1 g/mol. The molecule has 0 saturated heterocycles. The molecule has 0 aromatic carbocycles. The lowest BCUT2D eigenvalue weighted by atomic mass is 10.1. The van der Waals surface area contributed by atoms with Gasteiger partial charge in [0.05, 0.1) is 0 Å². The van der Waals surface area contributed by atoms with E-state index in [4.69, 9.17) is 5.73 Å². The standard InChI is InChI=1S/C5H12N/c1-5(2)3-4-6/h5H,1,3-4,6H2,2H3/t5-/m1/s1. The first-order valence-electron chi connectivity index (χ1n) is 2.30. The van der Waals surface area contributed by atoms with Crippen molar-refractivity contribution >= 4 is 0 Å². The molecule has 1 heteroatoms. The van der Waals surface area contributed by atoms with Gasteiger partial charge in [0.25, 0.3) is 0 Å². The normalized spacial score (nSPS) is 10.0. The number of rotatable bonds is 2. The smallest absolute Gasteiger partial charge is 0.00747 e. The van der Waals surface area contributed by atoms with E-state index in [0.717, 1.165) is 13.0 Å². The van der Waals surface area contributed by atoms with Gasteiger partial charge in [-0.1, -0.05) is 13.8 Å². The van der Waals surface area contributed by atoms with Crippen LogP contribution in [0.15, 0.2) is 0 Å². The fourth-order valence-corrected chi connectivity index (χ4v) is 0.285. The van der Waals surface area contributed by atoms with E-state index in [1.54, 1.807) is 0 Å². The molecular weight excluding hydrogens is 74.1 g/mol. The van der Waals surface area contributed by atoms with Crippen LogP contribution in [0.1, 0.15) is 13.3 Å². The lowest BCUT2D eigenvalue weighted by Gasteiger charge is -1.95. The molecule has 0 aromatic heterocycles. The van der Waals surface area contributed by atoms with Crippen LogP contribution in [0.2, 0.25) is 0 Å². The topological polar surface area (TPSA) is 26.0 Å². The molecule has 1 atom stereocenters. The highest BCUT2D eigenvalue weighted by atomic mass is 14.5. The van der Waals surface area contributed by atoms with Gasteiger partial charge in [-0.2, -0.15) is 0 Å². The zero-order chi connectivity index (χ0) is 4.99. The molecule has 1 radical (unpaired) electrons. The maximum atomic E-state index is 5.19. The predicted octanol–water partition coefficient (Wildman–Crippen LogP) is 0.805. The van der Waals surface area contributed by atoms with Crippen molar-refractivity contribution in [3.63, 3.8) is 0 Å². The molecule has 0 rings (SSSR count). The Bertz CT molecular complexity index is 25.1. The zero-order valence-electron chi connectivity index (χ0n) is 4.28. The fraction of sp³-hybridized carbons (Fsp3) is 0.800. The van der Waals surface area contributed by atoms with Crippen molar-refractivity contribution in [2.75, 3.05) is 6.54 Å². The SMILES string of the molecule is [CH2][C@H](C)CCN. The third-order valence-corrected chi connectivity index (χ3v) is 0.659. The lowest BCUT2D eigenvalue weighted by Crippen LogP contribution is -2.02. The average molecular weight is 86.2 g/mol. The van der Waals surface area contributed by atoms with Crippen molar-refractivity contribution < 1.29 is 0 Å². The zero-order valence-corrected chi connectivity index (χ0v) is 4.28. The molecule has 0 aliphatic rings. The summed E-state index contributed by atoms with van der Waals surface area (Å²) in [7, 11) is 0. The quantitative estimate of drug-likeness (QED) is 0.528. The van der Waals surface area contributed by atoms with E-state index in [1.807, 2.05) is 0 Å². The minimum absolute atomic E-state index is 0.523. The Morgan fingerprint density at radius 3 is 2.33 bits per heavy atom. The Balaban J connectivity index is 2.63. The maximum absolute atomic E-state index is 5.19. The molecule has 6 heavy (non-hydrogen) atoms. The van der Waals surface area contributed by atoms with Crippen molar-refractivity contribution in [2.45, 2.75) is 13.3 Å². The average Bonchev–Trinajstić information content (AvgIpc) is 1.35. The van der Waals surface area contributed by atoms with Crippen LogP contribution in [-0.2, 0) is 0 Å². The Hall–Kier alpha value is -0.0400. The van der Waals surface area contributed by atoms with Gasteiger partial charge < -0.3 is 5.73 Å². The summed E-state index contributed by atoms with van der Waals surface area (Å²) in [6.45, 7) is 6.58. The highest BCUT2D eigenvalue weighted by Crippen LogP contribution is 1.93. The van der Waals surface area contributed by atoms with Gasteiger partial charge in [0.2, 0.25) is 0 Å². The molecule has 0 unspecified atom stereocenters. The molecule has 37 valence electrons. The van der Waals surface area contributed by atoms with Crippen molar-refractivity contribution in [3.05, 3.63) is 6.92 Å². The Kier molecular flexibility index (Phi) is 3.14. The van der Waals surface area contributed by atoms with Crippen LogP contribution < -0.4 is 5.73 Å². The molecular formula is C5H12N. The molecule has 0 aromatic rings. The van der Waals surface area contributed by atoms with Gasteiger partial charge in [-0.3, -0.25) is 0 Å². The van der Waals surface area contributed by atoms with Gasteiger partial charge in [-0.25, -0.2) is 0 Å². The van der Waals surface area contributed by atoms with Crippen LogP contribution in [0.4, 0.5) is 0 Å². The summed E-state index contributed by atoms with van der Waals surface area (Å²) < 4.78 is 0. The second-order valence-electron chi connectivity index (χ2n) is 1.68. The van der Waals surface area contributed by atoms with Gasteiger partial charge in [-0.05, 0) is 18.9 Å². The molecule has 0 fully saturated rings. The molecule has 0 spiro atoms. The van der Waals surface area contributed by atoms with Crippen molar-refractivity contribution in [2.24, 2.45) is 11.7 Å². The van der Waals surface area contributed by atoms with Crippen LogP contribution in [0.25, 0.3) is 0 Å². The maximum Gasteiger partial charge on any atom is -0.00747 e. The highest BCUT2D eigenvalue weighted by molar-refractivity contribution is 4.52. The Morgan fingerprint density at radius 1 is 1.83 bits per heavy atom. The first kappa shape index (κ1) is 5.96. The Morgan fingerprint density at radius 2 is 2.33 bits per heavy atom. The second-order valence-corrected chi connectivity index (χ2v) is 1.68. The first-order valence-corrected chi connectivity index (χ1v) is 2.30. The third-order valence-electron chi connectivity index (χ3n) is 0.659. The molecule has 1 nitrogen and oxygen atoms in total. The second kappa shape index (κ2) is 3.16. The van der Waals surface area contributed by atoms with Crippen LogP contribution in [0, 0.1) is 12.8 Å². The molecule has 0 saturated carbocycles. The van der Waals surface area contributed by atoms with Gasteiger partial charge >= 0.3 is 0 Å². The minimum atomic E-state index is 0.523.